The first-order chi connectivity index (χ1) is 7.18. The van der Waals surface area contributed by atoms with Crippen LogP contribution >= 0.6 is 0 Å². The number of hydrogen-bond donors (Lipinski definition) is 1. The Bertz CT molecular complexity index is 225. The maximum Gasteiger partial charge on any atom is 0.170 e. The topological polar surface area (TPSA) is 47.7 Å². The highest BCUT2D eigenvalue weighted by atomic mass is 16.7. The summed E-state index contributed by atoms with van der Waals surface area (Å²) < 4.78 is 11.7. The lowest BCUT2D eigenvalue weighted by molar-refractivity contribution is -0.187. The number of rotatable bonds is 3. The van der Waals surface area contributed by atoms with Crippen molar-refractivity contribution in [2.75, 3.05) is 32.8 Å². The first-order valence-electron chi connectivity index (χ1n) is 5.92. The van der Waals surface area contributed by atoms with E-state index in [4.69, 9.17) is 15.2 Å². The fraction of sp³-hybridized carbons (Fsp3) is 1.00. The van der Waals surface area contributed by atoms with Crippen LogP contribution in [0.4, 0.5) is 0 Å². The maximum absolute atomic E-state index is 5.90. The highest BCUT2D eigenvalue weighted by molar-refractivity contribution is 4.88. The molecule has 0 aliphatic carbocycles. The van der Waals surface area contributed by atoms with Crippen LogP contribution in [0, 0.1) is 5.92 Å². The monoisotopic (exact) mass is 214 g/mol. The summed E-state index contributed by atoms with van der Waals surface area (Å²) in [4.78, 5) is 2.44. The SMILES string of the molecule is CCN1CCC(C2(C)OCC(CN)O2)C1. The van der Waals surface area contributed by atoms with Gasteiger partial charge >= 0.3 is 0 Å². The molecule has 0 saturated carbocycles. The molecule has 3 unspecified atom stereocenters. The van der Waals surface area contributed by atoms with Gasteiger partial charge in [0.2, 0.25) is 0 Å². The Kier molecular flexibility index (Phi) is 3.30. The molecule has 2 saturated heterocycles. The summed E-state index contributed by atoms with van der Waals surface area (Å²) in [6, 6.07) is 0. The molecule has 2 rings (SSSR count). The summed E-state index contributed by atoms with van der Waals surface area (Å²) in [6.45, 7) is 8.83. The van der Waals surface area contributed by atoms with Crippen molar-refractivity contribution in [3.63, 3.8) is 0 Å². The molecule has 2 N–H and O–H groups in total. The fourth-order valence-corrected chi connectivity index (χ4v) is 2.54. The molecule has 0 aromatic heterocycles. The van der Waals surface area contributed by atoms with Gasteiger partial charge < -0.3 is 20.1 Å². The third kappa shape index (κ3) is 2.18. The zero-order valence-corrected chi connectivity index (χ0v) is 9.74. The van der Waals surface area contributed by atoms with E-state index in [0.29, 0.717) is 19.1 Å². The van der Waals surface area contributed by atoms with Crippen LogP contribution in [0.2, 0.25) is 0 Å². The van der Waals surface area contributed by atoms with Crippen molar-refractivity contribution < 1.29 is 9.47 Å². The van der Waals surface area contributed by atoms with Gasteiger partial charge in [-0.1, -0.05) is 6.92 Å². The standard InChI is InChI=1S/C11H22N2O2/c1-3-13-5-4-9(7-13)11(2)14-8-10(6-12)15-11/h9-10H,3-8,12H2,1-2H3. The highest BCUT2D eigenvalue weighted by Gasteiger charge is 2.45. The number of hydrogen-bond acceptors (Lipinski definition) is 4. The van der Waals surface area contributed by atoms with Gasteiger partial charge in [0.05, 0.1) is 12.7 Å². The zero-order valence-electron chi connectivity index (χ0n) is 9.74. The van der Waals surface area contributed by atoms with Crippen LogP contribution in [0.1, 0.15) is 20.3 Å². The summed E-state index contributed by atoms with van der Waals surface area (Å²) in [6.07, 6.45) is 1.26. The van der Waals surface area contributed by atoms with Gasteiger partial charge in [0.25, 0.3) is 0 Å². The van der Waals surface area contributed by atoms with Crippen molar-refractivity contribution in [3.8, 4) is 0 Å². The van der Waals surface area contributed by atoms with Crippen LogP contribution in [0.25, 0.3) is 0 Å². The molecule has 0 spiro atoms. The molecular weight excluding hydrogens is 192 g/mol. The minimum absolute atomic E-state index is 0.0886. The molecule has 4 nitrogen and oxygen atoms in total. The molecule has 88 valence electrons. The molecule has 15 heavy (non-hydrogen) atoms. The molecule has 2 aliphatic rings. The fourth-order valence-electron chi connectivity index (χ4n) is 2.54. The van der Waals surface area contributed by atoms with E-state index in [1.807, 2.05) is 0 Å². The average Bonchev–Trinajstić information content (AvgIpc) is 2.84. The first-order valence-corrected chi connectivity index (χ1v) is 5.92. The highest BCUT2D eigenvalue weighted by Crippen LogP contribution is 2.36. The van der Waals surface area contributed by atoms with Crippen LogP contribution < -0.4 is 5.73 Å². The molecule has 3 atom stereocenters. The first kappa shape index (κ1) is 11.3. The van der Waals surface area contributed by atoms with Crippen molar-refractivity contribution in [1.29, 1.82) is 0 Å². The molecular formula is C11H22N2O2. The van der Waals surface area contributed by atoms with Crippen LogP contribution in [-0.4, -0.2) is 49.6 Å². The lowest BCUT2D eigenvalue weighted by atomic mass is 9.99. The van der Waals surface area contributed by atoms with Crippen molar-refractivity contribution in [2.24, 2.45) is 11.7 Å². The third-order valence-electron chi connectivity index (χ3n) is 3.68. The van der Waals surface area contributed by atoms with Crippen molar-refractivity contribution >= 4 is 0 Å². The lowest BCUT2D eigenvalue weighted by Crippen LogP contribution is -2.39. The maximum atomic E-state index is 5.90. The van der Waals surface area contributed by atoms with Gasteiger partial charge in [0, 0.05) is 19.0 Å². The molecule has 0 amide bonds. The molecule has 2 aliphatic heterocycles. The van der Waals surface area contributed by atoms with Crippen LogP contribution in [0.5, 0.6) is 0 Å². The Morgan fingerprint density at radius 2 is 2.33 bits per heavy atom. The molecule has 0 bridgehead atoms. The van der Waals surface area contributed by atoms with E-state index in [-0.39, 0.29) is 6.10 Å². The van der Waals surface area contributed by atoms with Crippen LogP contribution in [0.3, 0.4) is 0 Å². The average molecular weight is 214 g/mol. The molecule has 2 heterocycles. The van der Waals surface area contributed by atoms with Crippen LogP contribution in [0.15, 0.2) is 0 Å². The molecule has 0 aromatic carbocycles. The minimum atomic E-state index is -0.395. The van der Waals surface area contributed by atoms with E-state index in [0.717, 1.165) is 19.6 Å². The second-order valence-corrected chi connectivity index (χ2v) is 4.68. The Morgan fingerprint density at radius 3 is 2.87 bits per heavy atom. The third-order valence-corrected chi connectivity index (χ3v) is 3.68. The van der Waals surface area contributed by atoms with Gasteiger partial charge in [-0.15, -0.1) is 0 Å². The second-order valence-electron chi connectivity index (χ2n) is 4.68. The lowest BCUT2D eigenvalue weighted by Gasteiger charge is -2.30. The van der Waals surface area contributed by atoms with E-state index in [9.17, 15) is 0 Å². The summed E-state index contributed by atoms with van der Waals surface area (Å²) in [5, 5.41) is 0. The smallest absolute Gasteiger partial charge is 0.170 e. The van der Waals surface area contributed by atoms with Gasteiger partial charge in [-0.2, -0.15) is 0 Å². The largest absolute Gasteiger partial charge is 0.347 e. The van der Waals surface area contributed by atoms with Crippen molar-refractivity contribution in [2.45, 2.75) is 32.2 Å². The summed E-state index contributed by atoms with van der Waals surface area (Å²) in [5.74, 6) is 0.0996. The minimum Gasteiger partial charge on any atom is -0.347 e. The van der Waals surface area contributed by atoms with E-state index in [2.05, 4.69) is 18.7 Å². The molecule has 2 fully saturated rings. The summed E-state index contributed by atoms with van der Waals surface area (Å²) in [7, 11) is 0. The normalized spacial score (nSPS) is 42.6. The quantitative estimate of drug-likeness (QED) is 0.739. The predicted octanol–water partition coefficient (Wildman–Crippen LogP) is 0.419. The van der Waals surface area contributed by atoms with Crippen molar-refractivity contribution in [1.82, 2.24) is 4.90 Å². The molecule has 0 radical (unpaired) electrons. The number of likely N-dealkylation sites (tertiary alicyclic amines) is 1. The Morgan fingerprint density at radius 1 is 1.53 bits per heavy atom. The summed E-state index contributed by atoms with van der Waals surface area (Å²) in [5.41, 5.74) is 5.59. The van der Waals surface area contributed by atoms with E-state index in [1.165, 1.54) is 6.42 Å². The Balaban J connectivity index is 1.93. The molecule has 4 heteroatoms. The van der Waals surface area contributed by atoms with E-state index in [1.54, 1.807) is 0 Å². The Hall–Kier alpha value is -0.160. The summed E-state index contributed by atoms with van der Waals surface area (Å²) >= 11 is 0. The second kappa shape index (κ2) is 4.37. The van der Waals surface area contributed by atoms with Gasteiger partial charge in [-0.25, -0.2) is 0 Å². The molecule has 0 aromatic rings. The Labute approximate surface area is 91.7 Å². The zero-order chi connectivity index (χ0) is 10.9. The number of nitrogens with zero attached hydrogens (tertiary/aromatic N) is 1. The van der Waals surface area contributed by atoms with Gasteiger partial charge in [0.15, 0.2) is 5.79 Å². The number of ether oxygens (including phenoxy) is 2. The number of nitrogens with two attached hydrogens (primary N) is 1. The van der Waals surface area contributed by atoms with Gasteiger partial charge in [0.1, 0.15) is 0 Å². The van der Waals surface area contributed by atoms with Gasteiger partial charge in [-0.3, -0.25) is 0 Å². The van der Waals surface area contributed by atoms with Crippen LogP contribution in [-0.2, 0) is 9.47 Å². The predicted molar refractivity (Wildman–Crippen MR) is 58.5 cm³/mol. The van der Waals surface area contributed by atoms with E-state index >= 15 is 0 Å². The van der Waals surface area contributed by atoms with E-state index < -0.39 is 5.79 Å². The van der Waals surface area contributed by atoms with Gasteiger partial charge in [-0.05, 0) is 26.4 Å². The van der Waals surface area contributed by atoms with Crippen molar-refractivity contribution in [3.05, 3.63) is 0 Å².